The summed E-state index contributed by atoms with van der Waals surface area (Å²) >= 11 is 0. The SMILES string of the molecule is c1cncc(-c2nnn(-c3cccc4c3c3ccccc3n4-c3cccc(-n4c5ccccc5c5ccccc54)c3)c2-c2cccnc2)c1. The Morgan fingerprint density at radius 3 is 1.65 bits per heavy atom. The van der Waals surface area contributed by atoms with Crippen molar-refractivity contribution >= 4 is 43.6 Å². The lowest BCUT2D eigenvalue weighted by molar-refractivity contribution is 0.813. The van der Waals surface area contributed by atoms with Gasteiger partial charge in [0.25, 0.3) is 0 Å². The maximum absolute atomic E-state index is 4.78. The van der Waals surface area contributed by atoms with E-state index >= 15 is 0 Å². The van der Waals surface area contributed by atoms with Crippen LogP contribution in [0, 0.1) is 0 Å². The van der Waals surface area contributed by atoms with E-state index in [9.17, 15) is 0 Å². The van der Waals surface area contributed by atoms with Gasteiger partial charge >= 0.3 is 0 Å². The van der Waals surface area contributed by atoms with Gasteiger partial charge in [0.05, 0.1) is 27.8 Å². The summed E-state index contributed by atoms with van der Waals surface area (Å²) in [4.78, 5) is 8.81. The Morgan fingerprint density at radius 1 is 0.449 bits per heavy atom. The molecular weight excluding hydrogens is 603 g/mol. The van der Waals surface area contributed by atoms with Crippen LogP contribution >= 0.6 is 0 Å². The number of pyridine rings is 2. The Bertz CT molecular complexity index is 2770. The Hall–Kier alpha value is -6.86. The van der Waals surface area contributed by atoms with Crippen molar-refractivity contribution in [1.29, 1.82) is 0 Å². The van der Waals surface area contributed by atoms with Crippen molar-refractivity contribution in [3.05, 3.63) is 164 Å². The third kappa shape index (κ3) is 4.16. The van der Waals surface area contributed by atoms with Crippen LogP contribution in [0.1, 0.15) is 0 Å². The number of fused-ring (bicyclic) bond motifs is 6. The fourth-order valence-corrected chi connectivity index (χ4v) is 7.34. The molecule has 0 amide bonds. The van der Waals surface area contributed by atoms with E-state index in [-0.39, 0.29) is 0 Å². The molecule has 0 aliphatic rings. The molecule has 5 heterocycles. The van der Waals surface area contributed by atoms with Gasteiger partial charge in [-0.05, 0) is 72.8 Å². The fourth-order valence-electron chi connectivity index (χ4n) is 7.34. The number of hydrogen-bond donors (Lipinski definition) is 0. The second-order valence-corrected chi connectivity index (χ2v) is 12.1. The molecule has 10 aromatic rings. The molecule has 7 heteroatoms. The number of aromatic nitrogens is 7. The van der Waals surface area contributed by atoms with Crippen molar-refractivity contribution < 1.29 is 0 Å². The number of nitrogens with zero attached hydrogens (tertiary/aromatic N) is 7. The van der Waals surface area contributed by atoms with Gasteiger partial charge in [-0.2, -0.15) is 0 Å². The first-order valence-electron chi connectivity index (χ1n) is 16.2. The van der Waals surface area contributed by atoms with Crippen LogP contribution in [-0.2, 0) is 0 Å². The highest BCUT2D eigenvalue weighted by atomic mass is 15.4. The van der Waals surface area contributed by atoms with Gasteiger partial charge in [0, 0.05) is 68.8 Å². The smallest absolute Gasteiger partial charge is 0.123 e. The van der Waals surface area contributed by atoms with Crippen molar-refractivity contribution in [1.82, 2.24) is 34.1 Å². The second kappa shape index (κ2) is 10.9. The van der Waals surface area contributed by atoms with Crippen molar-refractivity contribution in [2.75, 3.05) is 0 Å². The molecular formula is C42H27N7. The molecule has 230 valence electrons. The average molecular weight is 630 g/mol. The summed E-state index contributed by atoms with van der Waals surface area (Å²) in [6.07, 6.45) is 7.23. The summed E-state index contributed by atoms with van der Waals surface area (Å²) in [6.45, 7) is 0. The first kappa shape index (κ1) is 27.3. The van der Waals surface area contributed by atoms with Crippen LogP contribution in [0.3, 0.4) is 0 Å². The fraction of sp³-hybridized carbons (Fsp3) is 0. The minimum Gasteiger partial charge on any atom is -0.309 e. The maximum atomic E-state index is 4.78. The lowest BCUT2D eigenvalue weighted by Crippen LogP contribution is -2.01. The molecule has 7 nitrogen and oxygen atoms in total. The molecule has 0 radical (unpaired) electrons. The standard InChI is InChI=1S/C42H27N7/c1-4-18-35-32(15-1)33-16-2-5-19-36(33)47(35)30-13-7-14-31(25-30)48-37-20-6-3-17-34(37)40-38(48)21-8-22-39(40)49-42(29-12-10-24-44-27-29)41(45-46-49)28-11-9-23-43-26-28/h1-27H. The third-order valence-corrected chi connectivity index (χ3v) is 9.37. The van der Waals surface area contributed by atoms with E-state index in [1.807, 2.05) is 41.3 Å². The predicted octanol–water partition coefficient (Wildman–Crippen LogP) is 9.59. The van der Waals surface area contributed by atoms with Gasteiger partial charge in [-0.3, -0.25) is 9.97 Å². The monoisotopic (exact) mass is 629 g/mol. The van der Waals surface area contributed by atoms with Crippen molar-refractivity contribution in [3.8, 4) is 39.6 Å². The van der Waals surface area contributed by atoms with Crippen molar-refractivity contribution in [2.45, 2.75) is 0 Å². The van der Waals surface area contributed by atoms with Crippen LogP contribution in [0.2, 0.25) is 0 Å². The zero-order chi connectivity index (χ0) is 32.3. The van der Waals surface area contributed by atoms with Crippen molar-refractivity contribution in [3.63, 3.8) is 0 Å². The molecule has 49 heavy (non-hydrogen) atoms. The molecule has 0 fully saturated rings. The number of rotatable bonds is 5. The lowest BCUT2D eigenvalue weighted by atomic mass is 10.1. The van der Waals surface area contributed by atoms with E-state index in [0.29, 0.717) is 0 Å². The molecule has 0 aliphatic heterocycles. The van der Waals surface area contributed by atoms with Gasteiger partial charge in [-0.15, -0.1) is 5.10 Å². The van der Waals surface area contributed by atoms with Gasteiger partial charge in [-0.1, -0.05) is 71.9 Å². The van der Waals surface area contributed by atoms with E-state index in [1.165, 1.54) is 21.8 Å². The summed E-state index contributed by atoms with van der Waals surface area (Å²) in [5, 5.41) is 14.2. The number of para-hydroxylation sites is 3. The summed E-state index contributed by atoms with van der Waals surface area (Å²) in [5.41, 5.74) is 11.1. The van der Waals surface area contributed by atoms with E-state index in [0.717, 1.165) is 61.4 Å². The highest BCUT2D eigenvalue weighted by molar-refractivity contribution is 6.13. The van der Waals surface area contributed by atoms with Crippen LogP contribution in [0.5, 0.6) is 0 Å². The van der Waals surface area contributed by atoms with Crippen LogP contribution in [-0.4, -0.2) is 34.1 Å². The second-order valence-electron chi connectivity index (χ2n) is 12.1. The molecule has 10 rings (SSSR count). The average Bonchev–Trinajstić information content (AvgIpc) is 3.86. The van der Waals surface area contributed by atoms with E-state index in [4.69, 9.17) is 10.3 Å². The van der Waals surface area contributed by atoms with Gasteiger partial charge in [0.2, 0.25) is 0 Å². The Balaban J connectivity index is 1.23. The molecule has 0 N–H and O–H groups in total. The highest BCUT2D eigenvalue weighted by Gasteiger charge is 2.23. The predicted molar refractivity (Wildman–Crippen MR) is 196 cm³/mol. The molecule has 0 unspecified atom stereocenters. The minimum absolute atomic E-state index is 0.751. The third-order valence-electron chi connectivity index (χ3n) is 9.37. The number of benzene rings is 5. The molecule has 0 bridgehead atoms. The Morgan fingerprint density at radius 2 is 1.00 bits per heavy atom. The van der Waals surface area contributed by atoms with E-state index < -0.39 is 0 Å². The molecule has 5 aromatic carbocycles. The van der Waals surface area contributed by atoms with Gasteiger partial charge < -0.3 is 9.13 Å². The normalized spacial score (nSPS) is 11.7. The van der Waals surface area contributed by atoms with Gasteiger partial charge in [0.1, 0.15) is 11.4 Å². The first-order valence-corrected chi connectivity index (χ1v) is 16.2. The van der Waals surface area contributed by atoms with Crippen LogP contribution < -0.4 is 0 Å². The summed E-state index contributed by atoms with van der Waals surface area (Å²) in [6, 6.07) is 49.0. The van der Waals surface area contributed by atoms with E-state index in [2.05, 4.69) is 134 Å². The van der Waals surface area contributed by atoms with Crippen LogP contribution in [0.15, 0.2) is 164 Å². The summed E-state index contributed by atoms with van der Waals surface area (Å²) in [5.74, 6) is 0. The lowest BCUT2D eigenvalue weighted by Gasteiger charge is -2.13. The van der Waals surface area contributed by atoms with Crippen LogP contribution in [0.25, 0.3) is 83.2 Å². The van der Waals surface area contributed by atoms with Gasteiger partial charge in [-0.25, -0.2) is 4.68 Å². The molecule has 5 aromatic heterocycles. The topological polar surface area (TPSA) is 66.3 Å². The molecule has 0 spiro atoms. The zero-order valence-electron chi connectivity index (χ0n) is 26.2. The summed E-state index contributed by atoms with van der Waals surface area (Å²) < 4.78 is 6.67. The number of hydrogen-bond acceptors (Lipinski definition) is 4. The quantitative estimate of drug-likeness (QED) is 0.190. The molecule has 0 saturated carbocycles. The molecule has 0 aliphatic carbocycles. The van der Waals surface area contributed by atoms with Crippen LogP contribution in [0.4, 0.5) is 0 Å². The largest absolute Gasteiger partial charge is 0.309 e. The maximum Gasteiger partial charge on any atom is 0.123 e. The molecule has 0 saturated heterocycles. The van der Waals surface area contributed by atoms with Gasteiger partial charge in [0.15, 0.2) is 0 Å². The van der Waals surface area contributed by atoms with E-state index in [1.54, 1.807) is 12.4 Å². The zero-order valence-corrected chi connectivity index (χ0v) is 26.2. The first-order chi connectivity index (χ1) is 24.3. The van der Waals surface area contributed by atoms with Crippen molar-refractivity contribution in [2.24, 2.45) is 0 Å². The Kier molecular flexibility index (Phi) is 6.04. The highest BCUT2D eigenvalue weighted by Crippen LogP contribution is 2.39. The molecule has 0 atom stereocenters. The summed E-state index contributed by atoms with van der Waals surface area (Å²) in [7, 11) is 0. The minimum atomic E-state index is 0.751. The Labute approximate surface area is 281 Å².